The van der Waals surface area contributed by atoms with Gasteiger partial charge in [-0.3, -0.25) is 4.79 Å². The molecule has 1 aromatic heterocycles. The molecule has 0 spiro atoms. The lowest BCUT2D eigenvalue weighted by Gasteiger charge is -2.32. The Morgan fingerprint density at radius 2 is 2.10 bits per heavy atom. The zero-order valence-corrected chi connectivity index (χ0v) is 12.7. The van der Waals surface area contributed by atoms with E-state index in [1.54, 1.807) is 0 Å². The van der Waals surface area contributed by atoms with Crippen LogP contribution in [-0.4, -0.2) is 41.5 Å². The van der Waals surface area contributed by atoms with E-state index in [2.05, 4.69) is 24.1 Å². The SMILES string of the molecule is Cc1cccc(C(=O)N(CC2CCNCC2)C(C)C)n1. The van der Waals surface area contributed by atoms with Crippen LogP contribution in [0, 0.1) is 12.8 Å². The predicted octanol–water partition coefficient (Wildman–Crippen LogP) is 2.24. The molecule has 0 unspecified atom stereocenters. The van der Waals surface area contributed by atoms with Gasteiger partial charge in [0.1, 0.15) is 5.69 Å². The lowest BCUT2D eigenvalue weighted by atomic mass is 9.97. The number of carbonyl (C=O) groups is 1. The van der Waals surface area contributed by atoms with E-state index in [0.29, 0.717) is 11.6 Å². The molecule has 0 bridgehead atoms. The molecule has 0 aromatic carbocycles. The van der Waals surface area contributed by atoms with Crippen molar-refractivity contribution >= 4 is 5.91 Å². The summed E-state index contributed by atoms with van der Waals surface area (Å²) in [7, 11) is 0. The summed E-state index contributed by atoms with van der Waals surface area (Å²) in [5.74, 6) is 0.662. The molecule has 1 aliphatic rings. The summed E-state index contributed by atoms with van der Waals surface area (Å²) in [5, 5.41) is 3.37. The molecule has 2 rings (SSSR count). The van der Waals surface area contributed by atoms with Crippen LogP contribution in [0.15, 0.2) is 18.2 Å². The number of aryl methyl sites for hydroxylation is 1. The van der Waals surface area contributed by atoms with Gasteiger partial charge in [0.25, 0.3) is 5.91 Å². The van der Waals surface area contributed by atoms with E-state index in [1.807, 2.05) is 30.0 Å². The van der Waals surface area contributed by atoms with Crippen molar-refractivity contribution in [2.24, 2.45) is 5.92 Å². The zero-order chi connectivity index (χ0) is 14.5. The van der Waals surface area contributed by atoms with Crippen molar-refractivity contribution < 1.29 is 4.79 Å². The first-order valence-corrected chi connectivity index (χ1v) is 7.53. The number of aromatic nitrogens is 1. The Labute approximate surface area is 121 Å². The van der Waals surface area contributed by atoms with E-state index >= 15 is 0 Å². The van der Waals surface area contributed by atoms with Crippen LogP contribution < -0.4 is 5.32 Å². The van der Waals surface area contributed by atoms with Crippen molar-refractivity contribution in [2.45, 2.75) is 39.7 Å². The fraction of sp³-hybridized carbons (Fsp3) is 0.625. The number of nitrogens with zero attached hydrogens (tertiary/aromatic N) is 2. The van der Waals surface area contributed by atoms with Gasteiger partial charge in [0.2, 0.25) is 0 Å². The lowest BCUT2D eigenvalue weighted by molar-refractivity contribution is 0.0651. The molecule has 1 amide bonds. The topological polar surface area (TPSA) is 45.2 Å². The molecular weight excluding hydrogens is 250 g/mol. The molecule has 110 valence electrons. The number of piperidine rings is 1. The van der Waals surface area contributed by atoms with Gasteiger partial charge in [-0.25, -0.2) is 4.98 Å². The summed E-state index contributed by atoms with van der Waals surface area (Å²) in [5.41, 5.74) is 1.45. The van der Waals surface area contributed by atoms with E-state index in [4.69, 9.17) is 0 Å². The second-order valence-corrected chi connectivity index (χ2v) is 5.91. The molecule has 20 heavy (non-hydrogen) atoms. The maximum absolute atomic E-state index is 12.7. The van der Waals surface area contributed by atoms with Gasteiger partial charge in [0.05, 0.1) is 0 Å². The van der Waals surface area contributed by atoms with Crippen molar-refractivity contribution in [1.29, 1.82) is 0 Å². The minimum absolute atomic E-state index is 0.0576. The van der Waals surface area contributed by atoms with Gasteiger partial charge in [-0.15, -0.1) is 0 Å². The first kappa shape index (κ1) is 15.0. The smallest absolute Gasteiger partial charge is 0.272 e. The molecule has 0 saturated carbocycles. The first-order valence-electron chi connectivity index (χ1n) is 7.53. The van der Waals surface area contributed by atoms with E-state index in [9.17, 15) is 4.79 Å². The Balaban J connectivity index is 2.09. The van der Waals surface area contributed by atoms with Crippen LogP contribution in [0.3, 0.4) is 0 Å². The highest BCUT2D eigenvalue weighted by Crippen LogP contribution is 2.17. The van der Waals surface area contributed by atoms with Crippen molar-refractivity contribution in [1.82, 2.24) is 15.2 Å². The fourth-order valence-electron chi connectivity index (χ4n) is 2.68. The number of hydrogen-bond donors (Lipinski definition) is 1. The van der Waals surface area contributed by atoms with Gasteiger partial charge >= 0.3 is 0 Å². The number of pyridine rings is 1. The Hall–Kier alpha value is -1.42. The molecule has 0 radical (unpaired) electrons. The number of hydrogen-bond acceptors (Lipinski definition) is 3. The third-order valence-electron chi connectivity index (χ3n) is 3.91. The molecule has 1 saturated heterocycles. The fourth-order valence-corrected chi connectivity index (χ4v) is 2.68. The standard InChI is InChI=1S/C16H25N3O/c1-12(2)19(11-14-7-9-17-10-8-14)16(20)15-6-4-5-13(3)18-15/h4-6,12,14,17H,7-11H2,1-3H3. The van der Waals surface area contributed by atoms with Crippen LogP contribution in [0.5, 0.6) is 0 Å². The van der Waals surface area contributed by atoms with E-state index in [-0.39, 0.29) is 11.9 Å². The largest absolute Gasteiger partial charge is 0.335 e. The maximum atomic E-state index is 12.7. The monoisotopic (exact) mass is 275 g/mol. The van der Waals surface area contributed by atoms with Crippen molar-refractivity contribution in [3.63, 3.8) is 0 Å². The van der Waals surface area contributed by atoms with Crippen LogP contribution in [0.4, 0.5) is 0 Å². The first-order chi connectivity index (χ1) is 9.58. The zero-order valence-electron chi connectivity index (χ0n) is 12.7. The Morgan fingerprint density at radius 3 is 2.70 bits per heavy atom. The Kier molecular flexibility index (Phi) is 5.12. The molecule has 4 heteroatoms. The van der Waals surface area contributed by atoms with E-state index < -0.39 is 0 Å². The molecule has 1 N–H and O–H groups in total. The van der Waals surface area contributed by atoms with Gasteiger partial charge in [-0.1, -0.05) is 6.07 Å². The molecule has 1 aliphatic heterocycles. The summed E-state index contributed by atoms with van der Waals surface area (Å²) in [4.78, 5) is 19.0. The second-order valence-electron chi connectivity index (χ2n) is 5.91. The van der Waals surface area contributed by atoms with Crippen LogP contribution >= 0.6 is 0 Å². The quantitative estimate of drug-likeness (QED) is 0.916. The molecular formula is C16H25N3O. The lowest BCUT2D eigenvalue weighted by Crippen LogP contribution is -2.43. The van der Waals surface area contributed by atoms with Gasteiger partial charge in [-0.05, 0) is 64.8 Å². The molecule has 2 heterocycles. The molecule has 4 nitrogen and oxygen atoms in total. The molecule has 1 aromatic rings. The van der Waals surface area contributed by atoms with E-state index in [1.165, 1.54) is 0 Å². The summed E-state index contributed by atoms with van der Waals surface area (Å²) in [6.45, 7) is 9.04. The van der Waals surface area contributed by atoms with Crippen LogP contribution in [0.25, 0.3) is 0 Å². The number of carbonyl (C=O) groups excluding carboxylic acids is 1. The van der Waals surface area contributed by atoms with Gasteiger partial charge in [0, 0.05) is 18.3 Å². The highest BCUT2D eigenvalue weighted by molar-refractivity contribution is 5.92. The van der Waals surface area contributed by atoms with Crippen LogP contribution in [0.2, 0.25) is 0 Å². The van der Waals surface area contributed by atoms with Gasteiger partial charge in [-0.2, -0.15) is 0 Å². The van der Waals surface area contributed by atoms with Gasteiger partial charge < -0.3 is 10.2 Å². The third-order valence-corrected chi connectivity index (χ3v) is 3.91. The van der Waals surface area contributed by atoms with Crippen molar-refractivity contribution in [2.75, 3.05) is 19.6 Å². The number of nitrogens with one attached hydrogen (secondary N) is 1. The van der Waals surface area contributed by atoms with E-state index in [0.717, 1.165) is 38.2 Å². The van der Waals surface area contributed by atoms with Crippen LogP contribution in [-0.2, 0) is 0 Å². The van der Waals surface area contributed by atoms with Crippen molar-refractivity contribution in [3.05, 3.63) is 29.6 Å². The summed E-state index contributed by atoms with van der Waals surface area (Å²) in [6, 6.07) is 5.84. The van der Waals surface area contributed by atoms with Crippen molar-refractivity contribution in [3.8, 4) is 0 Å². The molecule has 0 atom stereocenters. The molecule has 0 aliphatic carbocycles. The summed E-state index contributed by atoms with van der Waals surface area (Å²) >= 11 is 0. The number of rotatable bonds is 4. The van der Waals surface area contributed by atoms with Gasteiger partial charge in [0.15, 0.2) is 0 Å². The summed E-state index contributed by atoms with van der Waals surface area (Å²) < 4.78 is 0. The van der Waals surface area contributed by atoms with Crippen LogP contribution in [0.1, 0.15) is 42.9 Å². The average molecular weight is 275 g/mol. The highest BCUT2D eigenvalue weighted by Gasteiger charge is 2.24. The molecule has 1 fully saturated rings. The Morgan fingerprint density at radius 1 is 1.40 bits per heavy atom. The average Bonchev–Trinajstić information content (AvgIpc) is 2.45. The highest BCUT2D eigenvalue weighted by atomic mass is 16.2. The minimum atomic E-state index is 0.0576. The number of amides is 1. The minimum Gasteiger partial charge on any atom is -0.335 e. The Bertz CT molecular complexity index is 453. The summed E-state index contributed by atoms with van der Waals surface area (Å²) in [6.07, 6.45) is 2.30. The maximum Gasteiger partial charge on any atom is 0.272 e. The predicted molar refractivity (Wildman–Crippen MR) is 80.7 cm³/mol. The third kappa shape index (κ3) is 3.79. The normalized spacial score (nSPS) is 16.4. The second kappa shape index (κ2) is 6.84.